The van der Waals surface area contributed by atoms with Gasteiger partial charge in [-0.1, -0.05) is 11.3 Å². The highest BCUT2D eigenvalue weighted by molar-refractivity contribution is 7.23. The normalized spacial score (nSPS) is 11.2. The smallest absolute Gasteiger partial charge is 0.251 e. The van der Waals surface area contributed by atoms with E-state index in [-0.39, 0.29) is 11.5 Å². The van der Waals surface area contributed by atoms with Crippen molar-refractivity contribution in [2.24, 2.45) is 5.73 Å². The molecule has 2 aromatic heterocycles. The van der Waals surface area contributed by atoms with E-state index in [1.807, 2.05) is 4.40 Å². The Balaban J connectivity index is 1.81. The number of imidazole rings is 1. The van der Waals surface area contributed by atoms with E-state index in [9.17, 15) is 14.0 Å². The molecule has 2 aromatic carbocycles. The lowest BCUT2D eigenvalue weighted by molar-refractivity contribution is 0.0961. The van der Waals surface area contributed by atoms with Gasteiger partial charge in [-0.3, -0.25) is 14.0 Å². The number of benzene rings is 2. The van der Waals surface area contributed by atoms with Crippen molar-refractivity contribution in [2.75, 3.05) is 7.05 Å². The molecule has 6 nitrogen and oxygen atoms in total. The third-order valence-electron chi connectivity index (χ3n) is 4.11. The Hall–Kier alpha value is -3.26. The number of primary amides is 1. The van der Waals surface area contributed by atoms with E-state index in [0.29, 0.717) is 21.8 Å². The second-order valence-corrected chi connectivity index (χ2v) is 6.71. The summed E-state index contributed by atoms with van der Waals surface area (Å²) in [5.41, 5.74) is 7.63. The van der Waals surface area contributed by atoms with Crippen molar-refractivity contribution in [1.29, 1.82) is 0 Å². The quantitative estimate of drug-likeness (QED) is 0.583. The zero-order valence-electron chi connectivity index (χ0n) is 13.6. The zero-order chi connectivity index (χ0) is 18.4. The predicted octanol–water partition coefficient (Wildman–Crippen LogP) is 2.81. The van der Waals surface area contributed by atoms with E-state index in [1.54, 1.807) is 36.5 Å². The fraction of sp³-hybridized carbons (Fsp3) is 0.0556. The molecule has 4 rings (SSSR count). The number of fused-ring (bicyclic) bond motifs is 3. The SMILES string of the molecule is CNC(=O)c1ccc(-c2cn3c(n2)sc2cc(C(N)=O)ccc23)c(F)c1. The second-order valence-electron chi connectivity index (χ2n) is 5.70. The number of aromatic nitrogens is 2. The van der Waals surface area contributed by atoms with Crippen LogP contribution in [0, 0.1) is 5.82 Å². The molecule has 2 heterocycles. The highest BCUT2D eigenvalue weighted by atomic mass is 32.1. The number of carbonyl (C=O) groups excluding carboxylic acids is 2. The van der Waals surface area contributed by atoms with Crippen molar-refractivity contribution in [3.05, 3.63) is 59.5 Å². The molecule has 130 valence electrons. The number of amides is 2. The third-order valence-corrected chi connectivity index (χ3v) is 5.13. The topological polar surface area (TPSA) is 89.5 Å². The van der Waals surface area contributed by atoms with Gasteiger partial charge in [0, 0.05) is 29.9 Å². The van der Waals surface area contributed by atoms with Crippen LogP contribution >= 0.6 is 11.3 Å². The number of nitrogens with zero attached hydrogens (tertiary/aromatic N) is 2. The Bertz CT molecular complexity index is 1190. The van der Waals surface area contributed by atoms with Crippen LogP contribution in [0.1, 0.15) is 20.7 Å². The molecule has 2 amide bonds. The first-order chi connectivity index (χ1) is 12.5. The molecule has 8 heteroatoms. The van der Waals surface area contributed by atoms with Gasteiger partial charge in [0.1, 0.15) is 5.82 Å². The molecule has 0 unspecified atom stereocenters. The van der Waals surface area contributed by atoms with E-state index >= 15 is 0 Å². The highest BCUT2D eigenvalue weighted by Crippen LogP contribution is 2.31. The standard InChI is InChI=1S/C18H13FN4O2S/c1-21-17(25)10-2-4-11(12(19)6-10)13-8-23-14-5-3-9(16(20)24)7-15(14)26-18(23)22-13/h2-8H,1H3,(H2,20,24)(H,21,25). The molecule has 0 saturated heterocycles. The number of nitrogens with one attached hydrogen (secondary N) is 1. The summed E-state index contributed by atoms with van der Waals surface area (Å²) < 4.78 is 17.2. The summed E-state index contributed by atoms with van der Waals surface area (Å²) in [4.78, 5) is 28.1. The monoisotopic (exact) mass is 368 g/mol. The lowest BCUT2D eigenvalue weighted by Crippen LogP contribution is -2.17. The number of carbonyl (C=O) groups is 2. The lowest BCUT2D eigenvalue weighted by atomic mass is 10.1. The van der Waals surface area contributed by atoms with E-state index in [1.165, 1.54) is 24.5 Å². The van der Waals surface area contributed by atoms with Crippen molar-refractivity contribution in [3.8, 4) is 11.3 Å². The predicted molar refractivity (Wildman–Crippen MR) is 97.9 cm³/mol. The van der Waals surface area contributed by atoms with Crippen LogP contribution in [0.15, 0.2) is 42.6 Å². The average Bonchev–Trinajstić information content (AvgIpc) is 3.17. The molecule has 0 radical (unpaired) electrons. The summed E-state index contributed by atoms with van der Waals surface area (Å²) in [5.74, 6) is -1.35. The third kappa shape index (κ3) is 2.51. The van der Waals surface area contributed by atoms with Crippen molar-refractivity contribution in [3.63, 3.8) is 0 Å². The summed E-state index contributed by atoms with van der Waals surface area (Å²) in [6.07, 6.45) is 1.73. The van der Waals surface area contributed by atoms with Crippen molar-refractivity contribution in [2.45, 2.75) is 0 Å². The molecular weight excluding hydrogens is 355 g/mol. The van der Waals surface area contributed by atoms with Crippen molar-refractivity contribution in [1.82, 2.24) is 14.7 Å². The first-order valence-corrected chi connectivity index (χ1v) is 8.53. The van der Waals surface area contributed by atoms with Crippen LogP contribution in [0.25, 0.3) is 26.4 Å². The van der Waals surface area contributed by atoms with Gasteiger partial charge < -0.3 is 11.1 Å². The molecule has 3 N–H and O–H groups in total. The summed E-state index contributed by atoms with van der Waals surface area (Å²) in [6.45, 7) is 0. The van der Waals surface area contributed by atoms with Gasteiger partial charge in [0.05, 0.1) is 15.9 Å². The molecule has 0 saturated carbocycles. The Kier molecular flexibility index (Phi) is 3.69. The average molecular weight is 368 g/mol. The summed E-state index contributed by atoms with van der Waals surface area (Å²) in [6, 6.07) is 9.45. The van der Waals surface area contributed by atoms with Gasteiger partial charge >= 0.3 is 0 Å². The molecule has 0 aliphatic heterocycles. The summed E-state index contributed by atoms with van der Waals surface area (Å²) in [5, 5.41) is 2.46. The van der Waals surface area contributed by atoms with Crippen LogP contribution in [0.3, 0.4) is 0 Å². The Labute approximate surface area is 151 Å². The Morgan fingerprint density at radius 1 is 1.19 bits per heavy atom. The minimum Gasteiger partial charge on any atom is -0.366 e. The number of nitrogens with two attached hydrogens (primary N) is 1. The molecular formula is C18H13FN4O2S. The Morgan fingerprint density at radius 2 is 1.96 bits per heavy atom. The maximum Gasteiger partial charge on any atom is 0.251 e. The minimum absolute atomic E-state index is 0.249. The second kappa shape index (κ2) is 5.92. The molecule has 4 aromatic rings. The number of halogens is 1. The number of hydrogen-bond donors (Lipinski definition) is 2. The fourth-order valence-electron chi connectivity index (χ4n) is 2.79. The molecule has 0 spiro atoms. The molecule has 26 heavy (non-hydrogen) atoms. The molecule has 0 aliphatic carbocycles. The van der Waals surface area contributed by atoms with Crippen LogP contribution in [-0.2, 0) is 0 Å². The fourth-order valence-corrected chi connectivity index (χ4v) is 3.84. The first-order valence-electron chi connectivity index (χ1n) is 7.71. The minimum atomic E-state index is -0.517. The summed E-state index contributed by atoms with van der Waals surface area (Å²) >= 11 is 1.38. The highest BCUT2D eigenvalue weighted by Gasteiger charge is 2.15. The van der Waals surface area contributed by atoms with Gasteiger partial charge in [-0.2, -0.15) is 0 Å². The molecule has 0 atom stereocenters. The van der Waals surface area contributed by atoms with Crippen molar-refractivity contribution >= 4 is 38.3 Å². The van der Waals surface area contributed by atoms with Crippen LogP contribution in [0.4, 0.5) is 4.39 Å². The molecule has 0 bridgehead atoms. The number of hydrogen-bond acceptors (Lipinski definition) is 4. The van der Waals surface area contributed by atoms with Crippen molar-refractivity contribution < 1.29 is 14.0 Å². The maximum atomic E-state index is 14.4. The van der Waals surface area contributed by atoms with Gasteiger partial charge in [0.2, 0.25) is 5.91 Å². The van der Waals surface area contributed by atoms with Gasteiger partial charge in [-0.05, 0) is 36.4 Å². The van der Waals surface area contributed by atoms with E-state index in [2.05, 4.69) is 10.3 Å². The van der Waals surface area contributed by atoms with E-state index < -0.39 is 11.7 Å². The number of thiazole rings is 1. The van der Waals surface area contributed by atoms with Gasteiger partial charge in [-0.25, -0.2) is 9.37 Å². The summed E-state index contributed by atoms with van der Waals surface area (Å²) in [7, 11) is 1.49. The van der Waals surface area contributed by atoms with E-state index in [4.69, 9.17) is 5.73 Å². The molecule has 0 aliphatic rings. The van der Waals surface area contributed by atoms with Gasteiger partial charge in [0.25, 0.3) is 5.91 Å². The van der Waals surface area contributed by atoms with Crippen LogP contribution in [-0.4, -0.2) is 28.2 Å². The zero-order valence-corrected chi connectivity index (χ0v) is 14.4. The van der Waals surface area contributed by atoms with Gasteiger partial charge in [0.15, 0.2) is 4.96 Å². The number of rotatable bonds is 3. The van der Waals surface area contributed by atoms with Crippen LogP contribution in [0.5, 0.6) is 0 Å². The Morgan fingerprint density at radius 3 is 2.65 bits per heavy atom. The lowest BCUT2D eigenvalue weighted by Gasteiger charge is -2.03. The van der Waals surface area contributed by atoms with Gasteiger partial charge in [-0.15, -0.1) is 0 Å². The largest absolute Gasteiger partial charge is 0.366 e. The van der Waals surface area contributed by atoms with Crippen LogP contribution < -0.4 is 11.1 Å². The first kappa shape index (κ1) is 16.2. The van der Waals surface area contributed by atoms with Crippen LogP contribution in [0.2, 0.25) is 0 Å². The molecule has 0 fully saturated rings. The maximum absolute atomic E-state index is 14.4. The van der Waals surface area contributed by atoms with E-state index in [0.717, 1.165) is 10.2 Å².